The van der Waals surface area contributed by atoms with Crippen LogP contribution in [-0.2, 0) is 17.6 Å². The van der Waals surface area contributed by atoms with E-state index in [9.17, 15) is 4.79 Å². The molecule has 4 nitrogen and oxygen atoms in total. The Balaban J connectivity index is 2.03. The smallest absolute Gasteiger partial charge is 0.412 e. The molecular weight excluding hydrogens is 228 g/mol. The van der Waals surface area contributed by atoms with Gasteiger partial charge in [0.1, 0.15) is 5.60 Å². The first-order valence-electron chi connectivity index (χ1n) is 6.21. The van der Waals surface area contributed by atoms with Gasteiger partial charge in [-0.05, 0) is 56.9 Å². The van der Waals surface area contributed by atoms with E-state index < -0.39 is 11.7 Å². The van der Waals surface area contributed by atoms with Crippen LogP contribution in [0.15, 0.2) is 18.2 Å². The molecule has 98 valence electrons. The first-order chi connectivity index (χ1) is 8.33. The van der Waals surface area contributed by atoms with E-state index >= 15 is 0 Å². The Bertz CT molecular complexity index is 463. The number of amides is 1. The molecule has 2 rings (SSSR count). The van der Waals surface area contributed by atoms with Crippen molar-refractivity contribution in [3.05, 3.63) is 29.3 Å². The van der Waals surface area contributed by atoms with Gasteiger partial charge >= 0.3 is 6.09 Å². The average molecular weight is 248 g/mol. The highest BCUT2D eigenvalue weighted by atomic mass is 16.6. The van der Waals surface area contributed by atoms with Crippen molar-refractivity contribution in [3.63, 3.8) is 0 Å². The Kier molecular flexibility index (Phi) is 3.30. The predicted molar refractivity (Wildman–Crippen MR) is 71.7 cm³/mol. The fraction of sp³-hybridized carbons (Fsp3) is 0.500. The summed E-state index contributed by atoms with van der Waals surface area (Å²) in [6.45, 7) is 5.52. The normalized spacial score (nSPS) is 18.3. The number of fused-ring (bicyclic) bond motifs is 1. The summed E-state index contributed by atoms with van der Waals surface area (Å²) in [5, 5.41) is 2.74. The van der Waals surface area contributed by atoms with Gasteiger partial charge in [-0.1, -0.05) is 6.07 Å². The van der Waals surface area contributed by atoms with Crippen molar-refractivity contribution in [2.45, 2.75) is 45.3 Å². The van der Waals surface area contributed by atoms with Crippen molar-refractivity contribution < 1.29 is 9.53 Å². The molecule has 0 spiro atoms. The molecule has 0 aromatic heterocycles. The number of anilines is 1. The first kappa shape index (κ1) is 12.9. The number of ether oxygens (including phenoxy) is 1. The minimum Gasteiger partial charge on any atom is -0.444 e. The minimum absolute atomic E-state index is 0.205. The van der Waals surface area contributed by atoms with Crippen LogP contribution in [0.5, 0.6) is 0 Å². The number of carbonyl (C=O) groups excluding carboxylic acids is 1. The molecule has 1 atom stereocenters. The fourth-order valence-electron chi connectivity index (χ4n) is 2.15. The van der Waals surface area contributed by atoms with Gasteiger partial charge in [-0.15, -0.1) is 0 Å². The van der Waals surface area contributed by atoms with Crippen molar-refractivity contribution in [3.8, 4) is 0 Å². The Morgan fingerprint density at radius 3 is 2.67 bits per heavy atom. The van der Waals surface area contributed by atoms with Crippen molar-refractivity contribution in [1.29, 1.82) is 0 Å². The maximum atomic E-state index is 11.6. The van der Waals surface area contributed by atoms with Gasteiger partial charge in [0.05, 0.1) is 0 Å². The number of nitrogens with two attached hydrogens (primary N) is 1. The van der Waals surface area contributed by atoms with E-state index in [1.54, 1.807) is 0 Å². The monoisotopic (exact) mass is 248 g/mol. The summed E-state index contributed by atoms with van der Waals surface area (Å²) in [5.74, 6) is 0. The van der Waals surface area contributed by atoms with Crippen LogP contribution in [0.2, 0.25) is 0 Å². The van der Waals surface area contributed by atoms with E-state index in [1.807, 2.05) is 39.0 Å². The number of benzene rings is 1. The van der Waals surface area contributed by atoms with Crippen LogP contribution in [-0.4, -0.2) is 17.7 Å². The van der Waals surface area contributed by atoms with Gasteiger partial charge in [0.15, 0.2) is 0 Å². The molecule has 0 aliphatic heterocycles. The summed E-state index contributed by atoms with van der Waals surface area (Å²) in [6.07, 6.45) is 1.37. The molecule has 0 radical (unpaired) electrons. The van der Waals surface area contributed by atoms with Crippen LogP contribution >= 0.6 is 0 Å². The fourth-order valence-corrected chi connectivity index (χ4v) is 2.15. The molecule has 0 heterocycles. The molecule has 1 aliphatic rings. The zero-order valence-electron chi connectivity index (χ0n) is 11.1. The lowest BCUT2D eigenvalue weighted by Gasteiger charge is -2.19. The van der Waals surface area contributed by atoms with Crippen LogP contribution in [0.1, 0.15) is 31.9 Å². The molecule has 1 amide bonds. The highest BCUT2D eigenvalue weighted by Gasteiger charge is 2.20. The SMILES string of the molecule is CC(C)(C)OC(=O)Nc1ccc2c(c1)CC(N)C2. The summed E-state index contributed by atoms with van der Waals surface area (Å²) >= 11 is 0. The Morgan fingerprint density at radius 2 is 2.00 bits per heavy atom. The van der Waals surface area contributed by atoms with E-state index in [1.165, 1.54) is 11.1 Å². The van der Waals surface area contributed by atoms with Gasteiger partial charge in [0, 0.05) is 11.7 Å². The second-order valence-corrected chi connectivity index (χ2v) is 5.78. The van der Waals surface area contributed by atoms with Gasteiger partial charge < -0.3 is 10.5 Å². The second kappa shape index (κ2) is 4.61. The third-order valence-corrected chi connectivity index (χ3v) is 2.82. The number of hydrogen-bond acceptors (Lipinski definition) is 3. The summed E-state index contributed by atoms with van der Waals surface area (Å²) in [4.78, 5) is 11.6. The van der Waals surface area contributed by atoms with Crippen LogP contribution in [0.3, 0.4) is 0 Å². The summed E-state index contributed by atoms with van der Waals surface area (Å²) in [5.41, 5.74) is 8.68. The van der Waals surface area contributed by atoms with Crippen molar-refractivity contribution in [1.82, 2.24) is 0 Å². The minimum atomic E-state index is -0.483. The summed E-state index contributed by atoms with van der Waals surface area (Å²) in [6, 6.07) is 6.10. The van der Waals surface area contributed by atoms with Crippen LogP contribution in [0.25, 0.3) is 0 Å². The molecule has 1 aliphatic carbocycles. The van der Waals surface area contributed by atoms with Gasteiger partial charge in [-0.25, -0.2) is 4.79 Å². The van der Waals surface area contributed by atoms with E-state index in [4.69, 9.17) is 10.5 Å². The number of rotatable bonds is 1. The Morgan fingerprint density at radius 1 is 1.33 bits per heavy atom. The zero-order chi connectivity index (χ0) is 13.3. The van der Waals surface area contributed by atoms with Crippen molar-refractivity contribution in [2.75, 3.05) is 5.32 Å². The van der Waals surface area contributed by atoms with Crippen LogP contribution < -0.4 is 11.1 Å². The molecule has 1 unspecified atom stereocenters. The maximum Gasteiger partial charge on any atom is 0.412 e. The lowest BCUT2D eigenvalue weighted by molar-refractivity contribution is 0.0636. The van der Waals surface area contributed by atoms with Crippen molar-refractivity contribution in [2.24, 2.45) is 5.73 Å². The average Bonchev–Trinajstić information content (AvgIpc) is 2.53. The molecule has 1 aromatic carbocycles. The second-order valence-electron chi connectivity index (χ2n) is 5.78. The van der Waals surface area contributed by atoms with E-state index in [2.05, 4.69) is 5.32 Å². The quantitative estimate of drug-likeness (QED) is 0.802. The standard InChI is InChI=1S/C14H20N2O2/c1-14(2,3)18-13(17)16-12-5-4-9-6-11(15)7-10(9)8-12/h4-5,8,11H,6-7,15H2,1-3H3,(H,16,17). The van der Waals surface area contributed by atoms with Gasteiger partial charge in [-0.3, -0.25) is 5.32 Å². The Hall–Kier alpha value is -1.55. The zero-order valence-corrected chi connectivity index (χ0v) is 11.1. The Labute approximate surface area is 108 Å². The highest BCUT2D eigenvalue weighted by molar-refractivity contribution is 5.85. The maximum absolute atomic E-state index is 11.6. The molecule has 0 saturated heterocycles. The largest absolute Gasteiger partial charge is 0.444 e. The number of carbonyl (C=O) groups is 1. The lowest BCUT2D eigenvalue weighted by Crippen LogP contribution is -2.27. The molecule has 0 saturated carbocycles. The molecule has 0 fully saturated rings. The summed E-state index contributed by atoms with van der Waals surface area (Å²) in [7, 11) is 0. The molecular formula is C14H20N2O2. The third-order valence-electron chi connectivity index (χ3n) is 2.82. The van der Waals surface area contributed by atoms with E-state index in [0.717, 1.165) is 18.5 Å². The molecule has 0 bridgehead atoms. The molecule has 4 heteroatoms. The molecule has 18 heavy (non-hydrogen) atoms. The van der Waals surface area contributed by atoms with Crippen molar-refractivity contribution >= 4 is 11.8 Å². The predicted octanol–water partition coefficient (Wildman–Crippen LogP) is 2.46. The molecule has 1 aromatic rings. The van der Waals surface area contributed by atoms with Crippen LogP contribution in [0, 0.1) is 0 Å². The number of nitrogens with one attached hydrogen (secondary N) is 1. The van der Waals surface area contributed by atoms with Gasteiger partial charge in [-0.2, -0.15) is 0 Å². The topological polar surface area (TPSA) is 64.3 Å². The number of hydrogen-bond donors (Lipinski definition) is 2. The summed E-state index contributed by atoms with van der Waals surface area (Å²) < 4.78 is 5.21. The van der Waals surface area contributed by atoms with Crippen LogP contribution in [0.4, 0.5) is 10.5 Å². The lowest BCUT2D eigenvalue weighted by atomic mass is 10.1. The molecule has 3 N–H and O–H groups in total. The van der Waals surface area contributed by atoms with Gasteiger partial charge in [0.2, 0.25) is 0 Å². The van der Waals surface area contributed by atoms with E-state index in [-0.39, 0.29) is 6.04 Å². The van der Waals surface area contributed by atoms with E-state index in [0.29, 0.717) is 0 Å². The highest BCUT2D eigenvalue weighted by Crippen LogP contribution is 2.24. The third kappa shape index (κ3) is 3.23. The first-order valence-corrected chi connectivity index (χ1v) is 6.21. The van der Waals surface area contributed by atoms with Gasteiger partial charge in [0.25, 0.3) is 0 Å².